The molecular weight excluding hydrogens is 328 g/mol. The fraction of sp³-hybridized carbons (Fsp3) is 0.118. The summed E-state index contributed by atoms with van der Waals surface area (Å²) in [7, 11) is 0. The summed E-state index contributed by atoms with van der Waals surface area (Å²) in [4.78, 5) is 5.64. The van der Waals surface area contributed by atoms with Crippen LogP contribution in [0.25, 0.3) is 5.69 Å². The molecule has 1 aliphatic rings. The smallest absolute Gasteiger partial charge is 0.159 e. The summed E-state index contributed by atoms with van der Waals surface area (Å²) in [5, 5.41) is 9.09. The Morgan fingerprint density at radius 1 is 1.09 bits per heavy atom. The summed E-state index contributed by atoms with van der Waals surface area (Å²) >= 11 is 10.9. The second kappa shape index (κ2) is 5.51. The van der Waals surface area contributed by atoms with Crippen molar-refractivity contribution in [2.75, 3.05) is 0 Å². The first-order valence-electron chi connectivity index (χ1n) is 7.19. The van der Waals surface area contributed by atoms with Crippen LogP contribution >= 0.6 is 24.2 Å². The van der Waals surface area contributed by atoms with Gasteiger partial charge in [-0.15, -0.1) is 22.8 Å². The third-order valence-corrected chi connectivity index (χ3v) is 4.48. The van der Waals surface area contributed by atoms with Crippen molar-refractivity contribution in [1.82, 2.24) is 14.8 Å². The predicted molar refractivity (Wildman–Crippen MR) is 94.1 cm³/mol. The zero-order chi connectivity index (χ0) is 16.0. The highest BCUT2D eigenvalue weighted by Gasteiger charge is 2.22. The maximum atomic E-state index is 6.40. The van der Waals surface area contributed by atoms with Crippen LogP contribution in [0.1, 0.15) is 22.8 Å². The first-order valence-corrected chi connectivity index (χ1v) is 8.01. The number of aliphatic imine (C=N–C) groups is 1. The normalized spacial score (nSPS) is 13.1. The average molecular weight is 341 g/mol. The molecule has 0 saturated carbocycles. The SMILES string of the molecule is Cc1nnc2n1-c1ccc(S)cc1C(c1ccccc1Cl)=NC2. The molecule has 4 nitrogen and oxygen atoms in total. The van der Waals surface area contributed by atoms with E-state index < -0.39 is 0 Å². The Morgan fingerprint density at radius 3 is 2.74 bits per heavy atom. The van der Waals surface area contributed by atoms with Crippen molar-refractivity contribution in [3.05, 3.63) is 70.3 Å². The molecular formula is C17H13ClN4S. The van der Waals surface area contributed by atoms with Crippen molar-refractivity contribution in [3.8, 4) is 5.69 Å². The van der Waals surface area contributed by atoms with Crippen LogP contribution in [0.3, 0.4) is 0 Å². The molecule has 0 atom stereocenters. The van der Waals surface area contributed by atoms with Crippen LogP contribution in [0.5, 0.6) is 0 Å². The number of rotatable bonds is 1. The van der Waals surface area contributed by atoms with Gasteiger partial charge in [0.1, 0.15) is 12.4 Å². The highest BCUT2D eigenvalue weighted by Crippen LogP contribution is 2.29. The summed E-state index contributed by atoms with van der Waals surface area (Å²) in [5.74, 6) is 1.65. The molecule has 0 saturated heterocycles. The molecule has 2 aromatic carbocycles. The van der Waals surface area contributed by atoms with E-state index in [1.165, 1.54) is 0 Å². The minimum atomic E-state index is 0.456. The number of aryl methyl sites for hydroxylation is 1. The van der Waals surface area contributed by atoms with Gasteiger partial charge in [0, 0.05) is 21.0 Å². The lowest BCUT2D eigenvalue weighted by Crippen LogP contribution is -2.08. The number of hydrogen-bond donors (Lipinski definition) is 1. The predicted octanol–water partition coefficient (Wildman–Crippen LogP) is 3.87. The highest BCUT2D eigenvalue weighted by molar-refractivity contribution is 7.80. The van der Waals surface area contributed by atoms with Crippen molar-refractivity contribution in [3.63, 3.8) is 0 Å². The molecule has 114 valence electrons. The fourth-order valence-electron chi connectivity index (χ4n) is 2.85. The molecule has 0 aliphatic carbocycles. The van der Waals surface area contributed by atoms with E-state index in [-0.39, 0.29) is 0 Å². The molecule has 0 unspecified atom stereocenters. The summed E-state index contributed by atoms with van der Waals surface area (Å²) < 4.78 is 2.04. The van der Waals surface area contributed by atoms with E-state index in [0.29, 0.717) is 11.6 Å². The van der Waals surface area contributed by atoms with Crippen LogP contribution in [0, 0.1) is 6.92 Å². The maximum absolute atomic E-state index is 6.40. The Labute approximate surface area is 144 Å². The largest absolute Gasteiger partial charge is 0.281 e. The van der Waals surface area contributed by atoms with Crippen molar-refractivity contribution >= 4 is 29.9 Å². The molecule has 4 rings (SSSR count). The van der Waals surface area contributed by atoms with Gasteiger partial charge in [0.05, 0.1) is 11.4 Å². The van der Waals surface area contributed by atoms with Crippen LogP contribution in [0.4, 0.5) is 0 Å². The van der Waals surface area contributed by atoms with Gasteiger partial charge in [-0.25, -0.2) is 0 Å². The molecule has 6 heteroatoms. The second-order valence-corrected chi connectivity index (χ2v) is 6.27. The van der Waals surface area contributed by atoms with E-state index in [9.17, 15) is 0 Å². The number of benzene rings is 2. The van der Waals surface area contributed by atoms with Crippen LogP contribution in [-0.4, -0.2) is 20.5 Å². The minimum absolute atomic E-state index is 0.456. The first-order chi connectivity index (χ1) is 11.1. The highest BCUT2D eigenvalue weighted by atomic mass is 35.5. The van der Waals surface area contributed by atoms with E-state index in [0.717, 1.165) is 39.1 Å². The molecule has 0 fully saturated rings. The topological polar surface area (TPSA) is 43.1 Å². The van der Waals surface area contributed by atoms with E-state index >= 15 is 0 Å². The minimum Gasteiger partial charge on any atom is -0.281 e. The van der Waals surface area contributed by atoms with Gasteiger partial charge >= 0.3 is 0 Å². The zero-order valence-corrected chi connectivity index (χ0v) is 14.0. The van der Waals surface area contributed by atoms with E-state index in [1.807, 2.05) is 54.0 Å². The van der Waals surface area contributed by atoms with E-state index in [1.54, 1.807) is 0 Å². The Kier molecular flexibility index (Phi) is 3.47. The second-order valence-electron chi connectivity index (χ2n) is 5.34. The summed E-state index contributed by atoms with van der Waals surface area (Å²) in [6, 6.07) is 13.7. The number of fused-ring (bicyclic) bond motifs is 3. The van der Waals surface area contributed by atoms with Gasteiger partial charge in [-0.1, -0.05) is 29.8 Å². The Bertz CT molecular complexity index is 946. The van der Waals surface area contributed by atoms with Crippen molar-refractivity contribution in [2.24, 2.45) is 4.99 Å². The standard InChI is InChI=1S/C17H13ClN4S/c1-10-20-21-16-9-19-17(12-4-2-3-5-14(12)18)13-8-11(23)6-7-15(13)22(10)16/h2-8,23H,9H2,1H3. The Balaban J connectivity index is 2.03. The number of hydrogen-bond acceptors (Lipinski definition) is 4. The van der Waals surface area contributed by atoms with Gasteiger partial charge in [-0.05, 0) is 31.2 Å². The summed E-state index contributed by atoms with van der Waals surface area (Å²) in [6.07, 6.45) is 0. The summed E-state index contributed by atoms with van der Waals surface area (Å²) in [5.41, 5.74) is 3.74. The van der Waals surface area contributed by atoms with Crippen LogP contribution < -0.4 is 0 Å². The van der Waals surface area contributed by atoms with Crippen molar-refractivity contribution in [1.29, 1.82) is 0 Å². The number of thiol groups is 1. The molecule has 0 spiro atoms. The maximum Gasteiger partial charge on any atom is 0.159 e. The van der Waals surface area contributed by atoms with Crippen molar-refractivity contribution < 1.29 is 0 Å². The third kappa shape index (κ3) is 2.36. The molecule has 0 radical (unpaired) electrons. The van der Waals surface area contributed by atoms with Crippen LogP contribution in [0.2, 0.25) is 5.02 Å². The molecule has 0 N–H and O–H groups in total. The van der Waals surface area contributed by atoms with Crippen LogP contribution in [-0.2, 0) is 6.54 Å². The zero-order valence-electron chi connectivity index (χ0n) is 12.4. The number of nitrogens with zero attached hydrogens (tertiary/aromatic N) is 4. The lowest BCUT2D eigenvalue weighted by atomic mass is 10.0. The third-order valence-electron chi connectivity index (χ3n) is 3.88. The molecule has 0 bridgehead atoms. The number of halogens is 1. The molecule has 3 aromatic rings. The van der Waals surface area contributed by atoms with Gasteiger partial charge in [0.15, 0.2) is 5.82 Å². The average Bonchev–Trinajstić information content (AvgIpc) is 2.82. The molecule has 0 amide bonds. The molecule has 1 aliphatic heterocycles. The van der Waals surface area contributed by atoms with Gasteiger partial charge in [0.2, 0.25) is 0 Å². The number of aromatic nitrogens is 3. The lowest BCUT2D eigenvalue weighted by molar-refractivity contribution is 0.861. The van der Waals surface area contributed by atoms with E-state index in [4.69, 9.17) is 16.6 Å². The Morgan fingerprint density at radius 2 is 1.91 bits per heavy atom. The molecule has 23 heavy (non-hydrogen) atoms. The van der Waals surface area contributed by atoms with Gasteiger partial charge in [-0.2, -0.15) is 0 Å². The van der Waals surface area contributed by atoms with Crippen LogP contribution in [0.15, 0.2) is 52.4 Å². The lowest BCUT2D eigenvalue weighted by Gasteiger charge is -2.13. The molecule has 2 heterocycles. The van der Waals surface area contributed by atoms with E-state index in [2.05, 4.69) is 22.8 Å². The van der Waals surface area contributed by atoms with Crippen molar-refractivity contribution in [2.45, 2.75) is 18.4 Å². The van der Waals surface area contributed by atoms with Gasteiger partial charge < -0.3 is 0 Å². The molecule has 1 aromatic heterocycles. The van der Waals surface area contributed by atoms with Gasteiger partial charge in [0.25, 0.3) is 0 Å². The quantitative estimate of drug-likeness (QED) is 0.683. The first kappa shape index (κ1) is 14.5. The Hall–Kier alpha value is -2.11. The monoisotopic (exact) mass is 340 g/mol. The fourth-order valence-corrected chi connectivity index (χ4v) is 3.28. The summed E-state index contributed by atoms with van der Waals surface area (Å²) in [6.45, 7) is 2.40. The van der Waals surface area contributed by atoms with Gasteiger partial charge in [-0.3, -0.25) is 9.56 Å².